The smallest absolute Gasteiger partial charge is 0.341 e. The first-order valence-corrected chi connectivity index (χ1v) is 11.3. The third-order valence-electron chi connectivity index (χ3n) is 4.76. The lowest BCUT2D eigenvalue weighted by Gasteiger charge is -2.12. The number of ether oxygens (including phenoxy) is 1. The zero-order valence-corrected chi connectivity index (χ0v) is 18.7. The van der Waals surface area contributed by atoms with E-state index in [9.17, 15) is 4.79 Å². The molecule has 0 amide bonds. The van der Waals surface area contributed by atoms with Crippen molar-refractivity contribution in [3.05, 3.63) is 94.9 Å². The molecule has 31 heavy (non-hydrogen) atoms. The van der Waals surface area contributed by atoms with Gasteiger partial charge in [0.05, 0.1) is 12.2 Å². The van der Waals surface area contributed by atoms with Crippen LogP contribution < -0.4 is 10.6 Å². The van der Waals surface area contributed by atoms with Gasteiger partial charge in [0, 0.05) is 22.4 Å². The maximum atomic E-state index is 12.5. The molecule has 0 radical (unpaired) electrons. The van der Waals surface area contributed by atoms with Gasteiger partial charge in [-0.1, -0.05) is 66.7 Å². The summed E-state index contributed by atoms with van der Waals surface area (Å²) in [5.74, 6) is -0.353. The molecule has 0 bridgehead atoms. The molecule has 1 heterocycles. The van der Waals surface area contributed by atoms with E-state index in [2.05, 4.69) is 34.9 Å². The van der Waals surface area contributed by atoms with Crippen LogP contribution in [0.2, 0.25) is 0 Å². The average Bonchev–Trinajstić information content (AvgIpc) is 3.17. The first-order valence-electron chi connectivity index (χ1n) is 10.0. The molecule has 2 N–H and O–H groups in total. The zero-order valence-electron chi connectivity index (χ0n) is 17.1. The minimum Gasteiger partial charge on any atom is -0.462 e. The van der Waals surface area contributed by atoms with Gasteiger partial charge in [0.2, 0.25) is 0 Å². The van der Waals surface area contributed by atoms with Crippen molar-refractivity contribution in [2.75, 3.05) is 17.2 Å². The Morgan fingerprint density at radius 2 is 1.71 bits per heavy atom. The minimum absolute atomic E-state index is 0.320. The summed E-state index contributed by atoms with van der Waals surface area (Å²) in [6.45, 7) is 2.12. The van der Waals surface area contributed by atoms with Gasteiger partial charge in [-0.2, -0.15) is 0 Å². The van der Waals surface area contributed by atoms with Gasteiger partial charge in [-0.05, 0) is 42.2 Å². The van der Waals surface area contributed by atoms with E-state index in [0.717, 1.165) is 27.8 Å². The molecule has 0 unspecified atom stereocenters. The molecule has 0 saturated carbocycles. The zero-order chi connectivity index (χ0) is 21.6. The van der Waals surface area contributed by atoms with Gasteiger partial charge in [-0.15, -0.1) is 11.3 Å². The van der Waals surface area contributed by atoms with Crippen molar-refractivity contribution >= 4 is 56.1 Å². The second-order valence-electron chi connectivity index (χ2n) is 6.94. The number of anilines is 2. The summed E-state index contributed by atoms with van der Waals surface area (Å²) in [5, 5.41) is 9.79. The van der Waals surface area contributed by atoms with Crippen LogP contribution in [0.1, 0.15) is 27.7 Å². The van der Waals surface area contributed by atoms with Gasteiger partial charge in [0.1, 0.15) is 5.00 Å². The van der Waals surface area contributed by atoms with E-state index in [0.29, 0.717) is 22.3 Å². The van der Waals surface area contributed by atoms with E-state index in [1.165, 1.54) is 16.9 Å². The molecule has 0 aliphatic heterocycles. The van der Waals surface area contributed by atoms with Crippen molar-refractivity contribution in [1.29, 1.82) is 0 Å². The fourth-order valence-corrected chi connectivity index (χ4v) is 4.73. The summed E-state index contributed by atoms with van der Waals surface area (Å²) in [6.07, 6.45) is 0.739. The van der Waals surface area contributed by atoms with Crippen LogP contribution in [0.5, 0.6) is 0 Å². The van der Waals surface area contributed by atoms with Crippen LogP contribution in [0.25, 0.3) is 10.8 Å². The Bertz CT molecular complexity index is 1210. The average molecular weight is 447 g/mol. The lowest BCUT2D eigenvalue weighted by Crippen LogP contribution is -2.20. The van der Waals surface area contributed by atoms with E-state index in [-0.39, 0.29) is 5.97 Å². The Morgan fingerprint density at radius 1 is 0.968 bits per heavy atom. The first kappa shape index (κ1) is 21.0. The highest BCUT2D eigenvalue weighted by Crippen LogP contribution is 2.31. The number of esters is 1. The van der Waals surface area contributed by atoms with Gasteiger partial charge in [-0.25, -0.2) is 4.79 Å². The van der Waals surface area contributed by atoms with Crippen LogP contribution in [-0.2, 0) is 11.2 Å². The topological polar surface area (TPSA) is 50.4 Å². The molecule has 3 aromatic carbocycles. The predicted octanol–water partition coefficient (Wildman–Crippen LogP) is 6.48. The first-order chi connectivity index (χ1) is 15.1. The quantitative estimate of drug-likeness (QED) is 0.262. The van der Waals surface area contributed by atoms with Crippen molar-refractivity contribution < 1.29 is 9.53 Å². The number of benzene rings is 3. The highest BCUT2D eigenvalue weighted by atomic mass is 32.1. The van der Waals surface area contributed by atoms with E-state index in [4.69, 9.17) is 17.0 Å². The second kappa shape index (κ2) is 9.73. The summed E-state index contributed by atoms with van der Waals surface area (Å²) in [5.41, 5.74) is 2.59. The lowest BCUT2D eigenvalue weighted by atomic mass is 10.1. The largest absolute Gasteiger partial charge is 0.462 e. The maximum absolute atomic E-state index is 12.5. The van der Waals surface area contributed by atoms with Crippen molar-refractivity contribution in [1.82, 2.24) is 0 Å². The summed E-state index contributed by atoms with van der Waals surface area (Å²) in [7, 11) is 0. The molecule has 6 heteroatoms. The molecule has 0 saturated heterocycles. The van der Waals surface area contributed by atoms with Crippen LogP contribution >= 0.6 is 23.6 Å². The Kier molecular flexibility index (Phi) is 6.60. The predicted molar refractivity (Wildman–Crippen MR) is 133 cm³/mol. The summed E-state index contributed by atoms with van der Waals surface area (Å²) in [4.78, 5) is 13.6. The number of carbonyl (C=O) groups excluding carboxylic acids is 1. The SMILES string of the molecule is CCOC(=O)c1cc(Cc2ccccc2)sc1NC(=S)Nc1cccc2ccccc12. The van der Waals surface area contributed by atoms with Crippen molar-refractivity contribution in [3.63, 3.8) is 0 Å². The van der Waals surface area contributed by atoms with Gasteiger partial charge in [-0.3, -0.25) is 0 Å². The molecule has 156 valence electrons. The van der Waals surface area contributed by atoms with Gasteiger partial charge < -0.3 is 15.4 Å². The highest BCUT2D eigenvalue weighted by molar-refractivity contribution is 7.80. The Balaban J connectivity index is 1.57. The normalized spacial score (nSPS) is 10.6. The van der Waals surface area contributed by atoms with E-state index in [1.54, 1.807) is 6.92 Å². The minimum atomic E-state index is -0.353. The molecular weight excluding hydrogens is 424 g/mol. The Hall–Kier alpha value is -3.22. The number of thiocarbonyl (C=S) groups is 1. The van der Waals surface area contributed by atoms with E-state index >= 15 is 0 Å². The molecular formula is C25H22N2O2S2. The van der Waals surface area contributed by atoms with Crippen LogP contribution in [0.3, 0.4) is 0 Å². The molecule has 0 fully saturated rings. The van der Waals surface area contributed by atoms with Crippen LogP contribution in [0.4, 0.5) is 10.7 Å². The molecule has 1 aromatic heterocycles. The summed E-state index contributed by atoms with van der Waals surface area (Å²) < 4.78 is 5.25. The summed E-state index contributed by atoms with van der Waals surface area (Å²) >= 11 is 7.07. The Morgan fingerprint density at radius 3 is 2.52 bits per heavy atom. The van der Waals surface area contributed by atoms with E-state index in [1.807, 2.05) is 54.6 Å². The van der Waals surface area contributed by atoms with Crippen LogP contribution in [0.15, 0.2) is 78.9 Å². The van der Waals surface area contributed by atoms with Crippen molar-refractivity contribution in [2.45, 2.75) is 13.3 Å². The van der Waals surface area contributed by atoms with Crippen LogP contribution in [0, 0.1) is 0 Å². The van der Waals surface area contributed by atoms with E-state index < -0.39 is 0 Å². The standard InChI is InChI=1S/C25H22N2O2S2/c1-2-29-24(28)21-16-19(15-17-9-4-3-5-10-17)31-23(21)27-25(30)26-22-14-8-12-18-11-6-7-13-20(18)22/h3-14,16H,2,15H2,1H3,(H2,26,27,30). The van der Waals surface area contributed by atoms with Gasteiger partial charge in [0.25, 0.3) is 0 Å². The fraction of sp³-hybridized carbons (Fsp3) is 0.120. The number of nitrogens with one attached hydrogen (secondary N) is 2. The highest BCUT2D eigenvalue weighted by Gasteiger charge is 2.18. The third-order valence-corrected chi connectivity index (χ3v) is 6.02. The fourth-order valence-electron chi connectivity index (χ4n) is 3.37. The number of hydrogen-bond donors (Lipinski definition) is 2. The molecule has 0 atom stereocenters. The number of rotatable bonds is 6. The molecule has 0 aliphatic carbocycles. The van der Waals surface area contributed by atoms with Crippen LogP contribution in [-0.4, -0.2) is 17.7 Å². The van der Waals surface area contributed by atoms with Crippen molar-refractivity contribution in [3.8, 4) is 0 Å². The lowest BCUT2D eigenvalue weighted by molar-refractivity contribution is 0.0528. The molecule has 4 nitrogen and oxygen atoms in total. The van der Waals surface area contributed by atoms with Gasteiger partial charge in [0.15, 0.2) is 5.11 Å². The molecule has 4 aromatic rings. The number of carbonyl (C=O) groups is 1. The number of thiophene rings is 1. The summed E-state index contributed by atoms with van der Waals surface area (Å²) in [6, 6.07) is 26.2. The van der Waals surface area contributed by atoms with Gasteiger partial charge >= 0.3 is 5.97 Å². The molecule has 0 spiro atoms. The van der Waals surface area contributed by atoms with Crippen molar-refractivity contribution in [2.24, 2.45) is 0 Å². The molecule has 4 rings (SSSR count). The third kappa shape index (κ3) is 5.10. The number of fused-ring (bicyclic) bond motifs is 1. The molecule has 0 aliphatic rings. The number of hydrogen-bond acceptors (Lipinski definition) is 4. The maximum Gasteiger partial charge on any atom is 0.341 e. The second-order valence-corrected chi connectivity index (χ2v) is 8.49. The Labute approximate surface area is 190 Å². The monoisotopic (exact) mass is 446 g/mol.